The lowest BCUT2D eigenvalue weighted by molar-refractivity contribution is 0.152. The number of halogens is 2. The summed E-state index contributed by atoms with van der Waals surface area (Å²) in [5.74, 6) is 0.643. The van der Waals surface area contributed by atoms with Crippen molar-refractivity contribution >= 4 is 22.5 Å². The summed E-state index contributed by atoms with van der Waals surface area (Å²) >= 11 is 0. The van der Waals surface area contributed by atoms with Gasteiger partial charge in [0.25, 0.3) is 6.43 Å². The zero-order valence-corrected chi connectivity index (χ0v) is 17.5. The third-order valence-corrected chi connectivity index (χ3v) is 6.04. The van der Waals surface area contributed by atoms with Gasteiger partial charge in [-0.3, -0.25) is 13.8 Å². The van der Waals surface area contributed by atoms with E-state index >= 15 is 0 Å². The van der Waals surface area contributed by atoms with Crippen LogP contribution in [0.25, 0.3) is 22.2 Å². The van der Waals surface area contributed by atoms with Crippen LogP contribution < -0.4 is 10.6 Å². The van der Waals surface area contributed by atoms with E-state index in [9.17, 15) is 13.6 Å². The molecule has 0 amide bonds. The molecule has 0 radical (unpaired) electrons. The molecule has 0 atom stereocenters. The van der Waals surface area contributed by atoms with E-state index in [-0.39, 0.29) is 11.3 Å². The molecule has 0 bridgehead atoms. The molecule has 7 nitrogen and oxygen atoms in total. The fraction of sp³-hybridized carbons (Fsp3) is 0.318. The molecule has 9 heteroatoms. The first-order valence-corrected chi connectivity index (χ1v) is 10.1. The van der Waals surface area contributed by atoms with Gasteiger partial charge in [-0.05, 0) is 36.1 Å². The summed E-state index contributed by atoms with van der Waals surface area (Å²) in [5.41, 5.74) is 4.26. The van der Waals surface area contributed by atoms with Gasteiger partial charge in [0.15, 0.2) is 0 Å². The summed E-state index contributed by atoms with van der Waals surface area (Å²) < 4.78 is 32.8. The number of aryl methyl sites for hydroxylation is 4. The van der Waals surface area contributed by atoms with Gasteiger partial charge < -0.3 is 4.90 Å². The van der Waals surface area contributed by atoms with E-state index in [0.29, 0.717) is 23.5 Å². The van der Waals surface area contributed by atoms with Gasteiger partial charge in [0.2, 0.25) is 0 Å². The number of alkyl halides is 2. The largest absolute Gasteiger partial charge is 0.328 e. The fourth-order valence-corrected chi connectivity index (χ4v) is 4.41. The van der Waals surface area contributed by atoms with E-state index in [0.717, 1.165) is 35.1 Å². The monoisotopic (exact) mass is 424 g/mol. The van der Waals surface area contributed by atoms with Crippen LogP contribution in [0.2, 0.25) is 0 Å². The Morgan fingerprint density at radius 3 is 2.52 bits per heavy atom. The van der Waals surface area contributed by atoms with Crippen molar-refractivity contribution in [2.24, 2.45) is 21.1 Å². The SMILES string of the molecule is Cn1cc(-c2cc3c(cc2C(F)F)N(c2cc4c(cn2)n(C)c(=O)n4C)CCC3)cn1. The molecule has 3 aromatic heterocycles. The minimum atomic E-state index is -2.62. The molecule has 0 fully saturated rings. The Balaban J connectivity index is 1.66. The number of fused-ring (bicyclic) bond motifs is 2. The quantitative estimate of drug-likeness (QED) is 0.503. The Hall–Kier alpha value is -3.49. The van der Waals surface area contributed by atoms with Crippen LogP contribution in [-0.4, -0.2) is 30.4 Å². The highest BCUT2D eigenvalue weighted by Crippen LogP contribution is 2.41. The van der Waals surface area contributed by atoms with Gasteiger partial charge in [-0.2, -0.15) is 5.10 Å². The summed E-state index contributed by atoms with van der Waals surface area (Å²) in [7, 11) is 5.19. The van der Waals surface area contributed by atoms with Gasteiger partial charge in [-0.1, -0.05) is 0 Å². The van der Waals surface area contributed by atoms with Gasteiger partial charge in [-0.25, -0.2) is 18.6 Å². The molecule has 0 spiro atoms. The first kappa shape index (κ1) is 19.5. The predicted molar refractivity (Wildman–Crippen MR) is 115 cm³/mol. The Bertz CT molecular complexity index is 1370. The van der Waals surface area contributed by atoms with Crippen LogP contribution in [0.3, 0.4) is 0 Å². The first-order chi connectivity index (χ1) is 14.8. The molecule has 0 aliphatic carbocycles. The van der Waals surface area contributed by atoms with Crippen molar-refractivity contribution in [2.45, 2.75) is 19.3 Å². The van der Waals surface area contributed by atoms with Crippen molar-refractivity contribution < 1.29 is 8.78 Å². The molecule has 0 saturated heterocycles. The molecule has 1 aliphatic heterocycles. The van der Waals surface area contributed by atoms with Crippen LogP contribution in [0.5, 0.6) is 0 Å². The lowest BCUT2D eigenvalue weighted by Gasteiger charge is -2.31. The number of nitrogens with zero attached hydrogens (tertiary/aromatic N) is 6. The summed E-state index contributed by atoms with van der Waals surface area (Å²) in [5, 5.41) is 4.14. The standard InChI is InChI=1S/C22H22F2N6O/c1-27-12-14(10-26-27)15-7-13-5-4-6-30(17(13)8-16(15)21(23)24)20-9-18-19(11-25-20)29(3)22(31)28(18)2/h7-12,21H,4-6H2,1-3H3. The Morgan fingerprint density at radius 1 is 1.03 bits per heavy atom. The number of hydrogen-bond donors (Lipinski definition) is 0. The minimum Gasteiger partial charge on any atom is -0.326 e. The van der Waals surface area contributed by atoms with Crippen LogP contribution in [0.1, 0.15) is 24.0 Å². The molecular weight excluding hydrogens is 402 g/mol. The Kier molecular flexibility index (Phi) is 4.42. The molecular formula is C22H22F2N6O. The van der Waals surface area contributed by atoms with Crippen LogP contribution in [-0.2, 0) is 27.6 Å². The third kappa shape index (κ3) is 3.03. The highest BCUT2D eigenvalue weighted by Gasteiger charge is 2.25. The first-order valence-electron chi connectivity index (χ1n) is 10.1. The summed E-state index contributed by atoms with van der Waals surface area (Å²) in [6, 6.07) is 5.29. The van der Waals surface area contributed by atoms with Crippen LogP contribution in [0.15, 0.2) is 41.6 Å². The maximum Gasteiger partial charge on any atom is 0.328 e. The number of hydrogen-bond acceptors (Lipinski definition) is 4. The van der Waals surface area contributed by atoms with Crippen molar-refractivity contribution in [3.8, 4) is 11.1 Å². The summed E-state index contributed by atoms with van der Waals surface area (Å²) in [4.78, 5) is 18.8. The molecule has 0 unspecified atom stereocenters. The molecule has 5 rings (SSSR count). The average molecular weight is 424 g/mol. The van der Waals surface area contributed by atoms with Gasteiger partial charge in [0.1, 0.15) is 5.82 Å². The normalized spacial score (nSPS) is 13.9. The number of pyridine rings is 1. The van der Waals surface area contributed by atoms with Crippen molar-refractivity contribution in [2.75, 3.05) is 11.4 Å². The Labute approximate surface area is 177 Å². The van der Waals surface area contributed by atoms with Gasteiger partial charge in [0.05, 0.1) is 23.4 Å². The Morgan fingerprint density at radius 2 is 1.81 bits per heavy atom. The number of anilines is 2. The molecule has 4 heterocycles. The topological polar surface area (TPSA) is 60.9 Å². The second kappa shape index (κ2) is 7.04. The molecule has 1 aromatic carbocycles. The zero-order chi connectivity index (χ0) is 21.9. The van der Waals surface area contributed by atoms with E-state index in [2.05, 4.69) is 10.1 Å². The highest BCUT2D eigenvalue weighted by molar-refractivity contribution is 5.81. The number of rotatable bonds is 3. The number of benzene rings is 1. The number of aromatic nitrogens is 5. The highest BCUT2D eigenvalue weighted by atomic mass is 19.3. The maximum absolute atomic E-state index is 14.0. The molecule has 4 aromatic rings. The molecule has 1 aliphatic rings. The van der Waals surface area contributed by atoms with Crippen LogP contribution >= 0.6 is 0 Å². The van der Waals surface area contributed by atoms with E-state index in [1.165, 1.54) is 0 Å². The second-order valence-corrected chi connectivity index (χ2v) is 7.96. The summed E-state index contributed by atoms with van der Waals surface area (Å²) in [6.07, 6.45) is 4.09. The van der Waals surface area contributed by atoms with Crippen molar-refractivity contribution in [3.05, 3.63) is 58.4 Å². The van der Waals surface area contributed by atoms with Crippen LogP contribution in [0, 0.1) is 0 Å². The number of imidazole rings is 1. The van der Waals surface area contributed by atoms with E-state index in [4.69, 9.17) is 0 Å². The van der Waals surface area contributed by atoms with Gasteiger partial charge in [-0.15, -0.1) is 0 Å². The van der Waals surface area contributed by atoms with E-state index < -0.39 is 6.43 Å². The summed E-state index contributed by atoms with van der Waals surface area (Å²) in [6.45, 7) is 0.668. The second-order valence-electron chi connectivity index (χ2n) is 7.96. The molecule has 31 heavy (non-hydrogen) atoms. The third-order valence-electron chi connectivity index (χ3n) is 6.04. The molecule has 160 valence electrons. The smallest absolute Gasteiger partial charge is 0.326 e. The lowest BCUT2D eigenvalue weighted by atomic mass is 9.93. The van der Waals surface area contributed by atoms with Crippen molar-refractivity contribution in [1.82, 2.24) is 23.9 Å². The van der Waals surface area contributed by atoms with Crippen LogP contribution in [0.4, 0.5) is 20.3 Å². The fourth-order valence-electron chi connectivity index (χ4n) is 4.41. The zero-order valence-electron chi connectivity index (χ0n) is 17.5. The van der Waals surface area contributed by atoms with Gasteiger partial charge in [0, 0.05) is 56.8 Å². The van der Waals surface area contributed by atoms with Gasteiger partial charge >= 0.3 is 5.69 Å². The molecule has 0 N–H and O–H groups in total. The minimum absolute atomic E-state index is 0.0214. The average Bonchev–Trinajstić information content (AvgIpc) is 3.29. The van der Waals surface area contributed by atoms with E-state index in [1.54, 1.807) is 59.6 Å². The maximum atomic E-state index is 14.0. The van der Waals surface area contributed by atoms with Crippen molar-refractivity contribution in [1.29, 1.82) is 0 Å². The predicted octanol–water partition coefficient (Wildman–Crippen LogP) is 3.69. The van der Waals surface area contributed by atoms with Crippen molar-refractivity contribution in [3.63, 3.8) is 0 Å². The lowest BCUT2D eigenvalue weighted by Crippen LogP contribution is -2.25. The molecule has 0 saturated carbocycles. The van der Waals surface area contributed by atoms with E-state index in [1.807, 2.05) is 17.0 Å².